The van der Waals surface area contributed by atoms with E-state index in [1.54, 1.807) is 23.6 Å². The number of likely N-dealkylation sites (tertiary alicyclic amines) is 1. The Hall–Kier alpha value is -3.59. The average molecular weight is 496 g/mol. The van der Waals surface area contributed by atoms with E-state index in [0.717, 1.165) is 17.9 Å². The first-order chi connectivity index (χ1) is 17.4. The van der Waals surface area contributed by atoms with Crippen LogP contribution in [0.1, 0.15) is 28.0 Å². The highest BCUT2D eigenvalue weighted by atomic mass is 16.5. The molecule has 1 amide bonds. The highest BCUT2D eigenvalue weighted by molar-refractivity contribution is 5.93. The number of fused-ring (bicyclic) bond motifs is 1. The largest absolute Gasteiger partial charge is 0.497 e. The zero-order valence-corrected chi connectivity index (χ0v) is 21.1. The Labute approximate surface area is 210 Å². The van der Waals surface area contributed by atoms with Gasteiger partial charge in [-0.2, -0.15) is 0 Å². The molecule has 9 nitrogen and oxygen atoms in total. The molecule has 1 fully saturated rings. The minimum Gasteiger partial charge on any atom is -0.497 e. The van der Waals surface area contributed by atoms with Gasteiger partial charge < -0.3 is 23.7 Å². The number of rotatable bonds is 8. The highest BCUT2D eigenvalue weighted by Crippen LogP contribution is 2.26. The van der Waals surface area contributed by atoms with Gasteiger partial charge in [0.2, 0.25) is 5.91 Å². The molecule has 192 valence electrons. The fourth-order valence-corrected chi connectivity index (χ4v) is 4.74. The molecular weight excluding hydrogens is 462 g/mol. The van der Waals surface area contributed by atoms with Gasteiger partial charge in [-0.25, -0.2) is 4.79 Å². The van der Waals surface area contributed by atoms with Gasteiger partial charge in [-0.15, -0.1) is 0 Å². The van der Waals surface area contributed by atoms with Crippen LogP contribution >= 0.6 is 0 Å². The monoisotopic (exact) mass is 495 g/mol. The van der Waals surface area contributed by atoms with Crippen molar-refractivity contribution in [1.29, 1.82) is 0 Å². The van der Waals surface area contributed by atoms with E-state index in [9.17, 15) is 14.4 Å². The summed E-state index contributed by atoms with van der Waals surface area (Å²) in [7, 11) is 4.73. The van der Waals surface area contributed by atoms with Crippen LogP contribution in [0.25, 0.3) is 6.08 Å². The minimum atomic E-state index is -0.527. The molecule has 4 rings (SSSR count). The predicted molar refractivity (Wildman–Crippen MR) is 135 cm³/mol. The molecule has 0 spiro atoms. The fourth-order valence-electron chi connectivity index (χ4n) is 4.74. The third-order valence-electron chi connectivity index (χ3n) is 6.76. The Morgan fingerprint density at radius 1 is 1.11 bits per heavy atom. The lowest BCUT2D eigenvalue weighted by Gasteiger charge is -2.18. The van der Waals surface area contributed by atoms with E-state index in [1.807, 2.05) is 24.3 Å². The van der Waals surface area contributed by atoms with E-state index >= 15 is 0 Å². The number of hydrogen-bond donors (Lipinski definition) is 0. The van der Waals surface area contributed by atoms with Crippen LogP contribution < -0.4 is 15.0 Å². The number of aromatic nitrogens is 1. The Morgan fingerprint density at radius 3 is 2.56 bits per heavy atom. The Kier molecular flexibility index (Phi) is 8.10. The first-order valence-electron chi connectivity index (χ1n) is 12.1. The number of hydrogen-bond acceptors (Lipinski definition) is 7. The molecular formula is C27H33N3O6. The van der Waals surface area contributed by atoms with Crippen molar-refractivity contribution in [2.45, 2.75) is 19.4 Å². The second-order valence-corrected chi connectivity index (χ2v) is 9.19. The number of carbonyl (C=O) groups is 2. The zero-order valence-electron chi connectivity index (χ0n) is 21.1. The summed E-state index contributed by atoms with van der Waals surface area (Å²) in [5.74, 6) is 0.605. The van der Waals surface area contributed by atoms with Gasteiger partial charge in [0.25, 0.3) is 5.56 Å². The lowest BCUT2D eigenvalue weighted by molar-refractivity contribution is -0.126. The van der Waals surface area contributed by atoms with Gasteiger partial charge in [-0.05, 0) is 17.7 Å². The molecule has 3 heterocycles. The number of pyridine rings is 1. The second kappa shape index (κ2) is 11.4. The van der Waals surface area contributed by atoms with E-state index in [-0.39, 0.29) is 29.7 Å². The summed E-state index contributed by atoms with van der Waals surface area (Å²) in [6.45, 7) is 3.39. The molecule has 1 atom stereocenters. The average Bonchev–Trinajstić information content (AvgIpc) is 3.06. The van der Waals surface area contributed by atoms with E-state index in [0.29, 0.717) is 50.3 Å². The molecule has 2 aromatic rings. The standard InChI is InChI=1S/C27H33N3O6/c1-28-17-20(15-24(28)31)18-36-23-16-25(32)30-14-13-29(12-10-22(30)26(23)27(33)35-3)11-4-5-19-6-8-21(34-2)9-7-19/h4-9,16,20H,10-15,17-18H2,1-3H3/b5-4+/t20-/m0/s1. The van der Waals surface area contributed by atoms with Crippen molar-refractivity contribution < 1.29 is 23.8 Å². The van der Waals surface area contributed by atoms with Crippen LogP contribution in [-0.4, -0.2) is 80.3 Å². The van der Waals surface area contributed by atoms with Gasteiger partial charge in [0, 0.05) is 70.3 Å². The SMILES string of the molecule is COC(=O)c1c(OC[C@H]2CC(=O)N(C)C2)cc(=O)n2c1CCN(C/C=C/c1ccc(OC)cc1)CC2. The van der Waals surface area contributed by atoms with Crippen molar-refractivity contribution >= 4 is 18.0 Å². The van der Waals surface area contributed by atoms with Crippen LogP contribution in [0.4, 0.5) is 0 Å². The first-order valence-corrected chi connectivity index (χ1v) is 12.1. The van der Waals surface area contributed by atoms with Crippen molar-refractivity contribution in [2.75, 3.05) is 54.1 Å². The lowest BCUT2D eigenvalue weighted by Crippen LogP contribution is -2.29. The third kappa shape index (κ3) is 5.79. The summed E-state index contributed by atoms with van der Waals surface area (Å²) in [5, 5.41) is 0. The number of benzene rings is 1. The van der Waals surface area contributed by atoms with Crippen molar-refractivity contribution in [1.82, 2.24) is 14.4 Å². The number of methoxy groups -OCH3 is 2. The van der Waals surface area contributed by atoms with Gasteiger partial charge in [0.1, 0.15) is 17.1 Å². The predicted octanol–water partition coefficient (Wildman–Crippen LogP) is 2.07. The molecule has 0 bridgehead atoms. The molecule has 1 aromatic heterocycles. The first kappa shape index (κ1) is 25.5. The van der Waals surface area contributed by atoms with Gasteiger partial charge in [-0.3, -0.25) is 14.5 Å². The molecule has 0 radical (unpaired) electrons. The smallest absolute Gasteiger partial charge is 0.343 e. The van der Waals surface area contributed by atoms with Gasteiger partial charge in [-0.1, -0.05) is 24.3 Å². The summed E-state index contributed by atoms with van der Waals surface area (Å²) < 4.78 is 17.9. The Balaban J connectivity index is 1.48. The molecule has 1 saturated heterocycles. The van der Waals surface area contributed by atoms with Crippen molar-refractivity contribution in [3.63, 3.8) is 0 Å². The molecule has 2 aliphatic heterocycles. The Bertz CT molecular complexity index is 1190. The summed E-state index contributed by atoms with van der Waals surface area (Å²) in [4.78, 5) is 41.5. The summed E-state index contributed by atoms with van der Waals surface area (Å²) in [6, 6.07) is 9.21. The quantitative estimate of drug-likeness (QED) is 0.518. The van der Waals surface area contributed by atoms with Crippen LogP contribution in [-0.2, 0) is 22.5 Å². The third-order valence-corrected chi connectivity index (χ3v) is 6.76. The molecule has 1 aromatic carbocycles. The van der Waals surface area contributed by atoms with Gasteiger partial charge in [0.15, 0.2) is 0 Å². The maximum absolute atomic E-state index is 13.0. The van der Waals surface area contributed by atoms with Crippen molar-refractivity contribution in [3.05, 3.63) is 63.6 Å². The minimum absolute atomic E-state index is 0.0162. The van der Waals surface area contributed by atoms with Crippen LogP contribution in [0.15, 0.2) is 41.2 Å². The van der Waals surface area contributed by atoms with Gasteiger partial charge >= 0.3 is 5.97 Å². The zero-order chi connectivity index (χ0) is 25.7. The molecule has 0 unspecified atom stereocenters. The van der Waals surface area contributed by atoms with Crippen molar-refractivity contribution in [2.24, 2.45) is 5.92 Å². The topological polar surface area (TPSA) is 90.3 Å². The summed E-state index contributed by atoms with van der Waals surface area (Å²) >= 11 is 0. The maximum Gasteiger partial charge on any atom is 0.343 e. The molecule has 2 aliphatic rings. The normalized spacial score (nSPS) is 18.2. The van der Waals surface area contributed by atoms with E-state index < -0.39 is 5.97 Å². The molecule has 0 saturated carbocycles. The number of esters is 1. The summed E-state index contributed by atoms with van der Waals surface area (Å²) in [5.41, 5.74) is 1.80. The highest BCUT2D eigenvalue weighted by Gasteiger charge is 2.29. The fraction of sp³-hybridized carbons (Fsp3) is 0.444. The number of ether oxygens (including phenoxy) is 3. The lowest BCUT2D eigenvalue weighted by atomic mass is 10.1. The van der Waals surface area contributed by atoms with Crippen LogP contribution in [0, 0.1) is 5.92 Å². The summed E-state index contributed by atoms with van der Waals surface area (Å²) in [6.07, 6.45) is 5.06. The van der Waals surface area contributed by atoms with Crippen LogP contribution in [0.2, 0.25) is 0 Å². The molecule has 36 heavy (non-hydrogen) atoms. The molecule has 0 N–H and O–H groups in total. The van der Waals surface area contributed by atoms with E-state index in [4.69, 9.17) is 14.2 Å². The van der Waals surface area contributed by atoms with Crippen molar-refractivity contribution in [3.8, 4) is 11.5 Å². The van der Waals surface area contributed by atoms with E-state index in [1.165, 1.54) is 13.2 Å². The molecule has 0 aliphatic carbocycles. The second-order valence-electron chi connectivity index (χ2n) is 9.19. The Morgan fingerprint density at radius 2 is 1.89 bits per heavy atom. The number of amides is 1. The van der Waals surface area contributed by atoms with E-state index in [2.05, 4.69) is 17.1 Å². The molecule has 9 heteroatoms. The van der Waals surface area contributed by atoms with Gasteiger partial charge in [0.05, 0.1) is 20.8 Å². The number of nitrogens with zero attached hydrogens (tertiary/aromatic N) is 3. The van der Waals surface area contributed by atoms with Crippen LogP contribution in [0.3, 0.4) is 0 Å². The number of carbonyl (C=O) groups excluding carboxylic acids is 2. The van der Waals surface area contributed by atoms with Crippen LogP contribution in [0.5, 0.6) is 11.5 Å². The maximum atomic E-state index is 13.0.